The van der Waals surface area contributed by atoms with Gasteiger partial charge in [0.25, 0.3) is 0 Å². The fraction of sp³-hybridized carbons (Fsp3) is 0.200. The van der Waals surface area contributed by atoms with Gasteiger partial charge in [-0.15, -0.1) is 0 Å². The zero-order valence-corrected chi connectivity index (χ0v) is 20.5. The minimum Gasteiger partial charge on any atom is -0.442 e. The van der Waals surface area contributed by atoms with E-state index in [4.69, 9.17) is 4.74 Å². The van der Waals surface area contributed by atoms with Crippen LogP contribution < -0.4 is 15.5 Å². The van der Waals surface area contributed by atoms with Gasteiger partial charge in [-0.2, -0.15) is 0 Å². The Kier molecular flexibility index (Phi) is 7.14. The van der Waals surface area contributed by atoms with Crippen molar-refractivity contribution in [3.63, 3.8) is 0 Å². The van der Waals surface area contributed by atoms with E-state index in [0.717, 1.165) is 17.7 Å². The van der Waals surface area contributed by atoms with Crippen molar-refractivity contribution in [1.82, 2.24) is 10.6 Å². The standard InChI is InChI=1S/C30H28FN3O3/c1-20(35)33-18-27-19-34(30(36)37-27)26-12-13-28(29(31)15-26)24-10-6-21(7-11-24)16-32-17-22-8-9-23-4-2-3-5-25(23)14-22/h2-15,27,32H,16-19H2,1H3,(H,33,35)/t27-/m0/s1. The van der Waals surface area contributed by atoms with Gasteiger partial charge in [-0.1, -0.05) is 60.7 Å². The van der Waals surface area contributed by atoms with Crippen LogP contribution in [-0.4, -0.2) is 31.2 Å². The third kappa shape index (κ3) is 5.78. The molecule has 5 rings (SSSR count). The predicted molar refractivity (Wildman–Crippen MR) is 143 cm³/mol. The number of benzene rings is 4. The summed E-state index contributed by atoms with van der Waals surface area (Å²) in [6.07, 6.45) is -1.02. The largest absolute Gasteiger partial charge is 0.442 e. The number of halogens is 1. The number of hydrogen-bond donors (Lipinski definition) is 2. The van der Waals surface area contributed by atoms with Gasteiger partial charge in [-0.05, 0) is 51.7 Å². The second-order valence-electron chi connectivity index (χ2n) is 9.20. The number of cyclic esters (lactones) is 1. The molecule has 6 nitrogen and oxygen atoms in total. The highest BCUT2D eigenvalue weighted by atomic mass is 19.1. The maximum atomic E-state index is 15.0. The lowest BCUT2D eigenvalue weighted by atomic mass is 10.0. The fourth-order valence-electron chi connectivity index (χ4n) is 4.50. The summed E-state index contributed by atoms with van der Waals surface area (Å²) in [4.78, 5) is 24.7. The molecule has 2 N–H and O–H groups in total. The molecular weight excluding hydrogens is 469 g/mol. The molecule has 1 fully saturated rings. The van der Waals surface area contributed by atoms with Crippen LogP contribution in [0.1, 0.15) is 18.1 Å². The number of anilines is 1. The number of nitrogens with one attached hydrogen (secondary N) is 2. The normalized spacial score (nSPS) is 15.1. The van der Waals surface area contributed by atoms with Gasteiger partial charge in [-0.3, -0.25) is 9.69 Å². The van der Waals surface area contributed by atoms with Gasteiger partial charge in [0.15, 0.2) is 0 Å². The van der Waals surface area contributed by atoms with E-state index in [-0.39, 0.29) is 19.0 Å². The third-order valence-electron chi connectivity index (χ3n) is 6.45. The van der Waals surface area contributed by atoms with Crippen molar-refractivity contribution >= 4 is 28.5 Å². The molecule has 4 aromatic rings. The molecule has 188 valence electrons. The van der Waals surface area contributed by atoms with Gasteiger partial charge in [0.1, 0.15) is 11.9 Å². The van der Waals surface area contributed by atoms with E-state index in [9.17, 15) is 9.59 Å². The number of ether oxygens (including phenoxy) is 1. The molecule has 7 heteroatoms. The van der Waals surface area contributed by atoms with Crippen molar-refractivity contribution in [3.8, 4) is 11.1 Å². The summed E-state index contributed by atoms with van der Waals surface area (Å²) in [5.41, 5.74) is 3.97. The topological polar surface area (TPSA) is 70.7 Å². The Balaban J connectivity index is 1.19. The van der Waals surface area contributed by atoms with Crippen LogP contribution in [0.25, 0.3) is 21.9 Å². The number of fused-ring (bicyclic) bond motifs is 1. The number of carbonyl (C=O) groups excluding carboxylic acids is 2. The molecule has 1 aliphatic heterocycles. The first-order valence-electron chi connectivity index (χ1n) is 12.3. The highest BCUT2D eigenvalue weighted by Gasteiger charge is 2.32. The average molecular weight is 498 g/mol. The van der Waals surface area contributed by atoms with Gasteiger partial charge < -0.3 is 15.4 Å². The van der Waals surface area contributed by atoms with Crippen molar-refractivity contribution in [2.45, 2.75) is 26.1 Å². The molecule has 0 aliphatic carbocycles. The fourth-order valence-corrected chi connectivity index (χ4v) is 4.50. The zero-order chi connectivity index (χ0) is 25.8. The lowest BCUT2D eigenvalue weighted by molar-refractivity contribution is -0.119. The van der Waals surface area contributed by atoms with Gasteiger partial charge in [-0.25, -0.2) is 9.18 Å². The van der Waals surface area contributed by atoms with Crippen LogP contribution >= 0.6 is 0 Å². The summed E-state index contributed by atoms with van der Waals surface area (Å²) in [6.45, 7) is 3.33. The molecule has 0 aromatic heterocycles. The van der Waals surface area contributed by atoms with Gasteiger partial charge in [0.2, 0.25) is 5.91 Å². The maximum Gasteiger partial charge on any atom is 0.414 e. The second kappa shape index (κ2) is 10.8. The van der Waals surface area contributed by atoms with E-state index in [1.807, 2.05) is 36.4 Å². The monoisotopic (exact) mass is 497 g/mol. The molecular formula is C30H28FN3O3. The Morgan fingerprint density at radius 3 is 2.43 bits per heavy atom. The van der Waals surface area contributed by atoms with Crippen LogP contribution in [0, 0.1) is 5.82 Å². The van der Waals surface area contributed by atoms with Crippen molar-refractivity contribution in [3.05, 3.63) is 102 Å². The summed E-state index contributed by atoms with van der Waals surface area (Å²) in [6, 6.07) is 27.3. The van der Waals surface area contributed by atoms with E-state index < -0.39 is 18.0 Å². The Morgan fingerprint density at radius 1 is 0.946 bits per heavy atom. The lowest BCUT2D eigenvalue weighted by Crippen LogP contribution is -2.33. The Hall–Kier alpha value is -4.23. The smallest absolute Gasteiger partial charge is 0.414 e. The average Bonchev–Trinajstić information content (AvgIpc) is 3.28. The van der Waals surface area contributed by atoms with Crippen LogP contribution in [0.15, 0.2) is 84.9 Å². The van der Waals surface area contributed by atoms with Crippen molar-refractivity contribution in [1.29, 1.82) is 0 Å². The van der Waals surface area contributed by atoms with Crippen LogP contribution in [-0.2, 0) is 22.6 Å². The van der Waals surface area contributed by atoms with E-state index in [2.05, 4.69) is 41.0 Å². The van der Waals surface area contributed by atoms with Crippen molar-refractivity contribution in [2.24, 2.45) is 0 Å². The van der Waals surface area contributed by atoms with E-state index >= 15 is 4.39 Å². The van der Waals surface area contributed by atoms with E-state index in [1.54, 1.807) is 12.1 Å². The quantitative estimate of drug-likeness (QED) is 0.342. The lowest BCUT2D eigenvalue weighted by Gasteiger charge is -2.15. The van der Waals surface area contributed by atoms with Crippen molar-refractivity contribution < 1.29 is 18.7 Å². The molecule has 2 amide bonds. The summed E-state index contributed by atoms with van der Waals surface area (Å²) in [7, 11) is 0. The van der Waals surface area contributed by atoms with Gasteiger partial charge >= 0.3 is 6.09 Å². The number of nitrogens with zero attached hydrogens (tertiary/aromatic N) is 1. The molecule has 0 radical (unpaired) electrons. The highest BCUT2D eigenvalue weighted by molar-refractivity contribution is 5.90. The minimum absolute atomic E-state index is 0.198. The van der Waals surface area contributed by atoms with Crippen molar-refractivity contribution in [2.75, 3.05) is 18.0 Å². The second-order valence-corrected chi connectivity index (χ2v) is 9.20. The molecule has 1 aliphatic rings. The minimum atomic E-state index is -0.553. The molecule has 1 atom stereocenters. The molecule has 0 spiro atoms. The van der Waals surface area contributed by atoms with Gasteiger partial charge in [0, 0.05) is 25.6 Å². The molecule has 1 saturated heterocycles. The third-order valence-corrected chi connectivity index (χ3v) is 6.45. The first-order chi connectivity index (χ1) is 18.0. The van der Waals surface area contributed by atoms with E-state index in [1.165, 1.54) is 34.2 Å². The summed E-state index contributed by atoms with van der Waals surface area (Å²) in [5.74, 6) is -0.616. The number of carbonyl (C=O) groups is 2. The Morgan fingerprint density at radius 2 is 1.68 bits per heavy atom. The Labute approximate surface area is 215 Å². The first kappa shape index (κ1) is 24.5. The Bertz CT molecular complexity index is 1440. The molecule has 0 bridgehead atoms. The maximum absolute atomic E-state index is 15.0. The van der Waals surface area contributed by atoms with Crippen LogP contribution in [0.5, 0.6) is 0 Å². The van der Waals surface area contributed by atoms with Crippen LogP contribution in [0.2, 0.25) is 0 Å². The molecule has 0 saturated carbocycles. The highest BCUT2D eigenvalue weighted by Crippen LogP contribution is 2.29. The summed E-state index contributed by atoms with van der Waals surface area (Å²) < 4.78 is 20.3. The number of amides is 2. The zero-order valence-electron chi connectivity index (χ0n) is 20.5. The SMILES string of the molecule is CC(=O)NC[C@H]1CN(c2ccc(-c3ccc(CNCc4ccc5ccccc5c4)cc3)c(F)c2)C(=O)O1. The molecule has 1 heterocycles. The predicted octanol–water partition coefficient (Wildman–Crippen LogP) is 5.40. The number of hydrogen-bond acceptors (Lipinski definition) is 4. The molecule has 37 heavy (non-hydrogen) atoms. The molecule has 0 unspecified atom stereocenters. The summed E-state index contributed by atoms with van der Waals surface area (Å²) >= 11 is 0. The van der Waals surface area contributed by atoms with E-state index in [0.29, 0.717) is 17.8 Å². The first-order valence-corrected chi connectivity index (χ1v) is 12.3. The summed E-state index contributed by atoms with van der Waals surface area (Å²) in [5, 5.41) is 8.56. The number of rotatable bonds is 8. The van der Waals surface area contributed by atoms with Crippen LogP contribution in [0.3, 0.4) is 0 Å². The van der Waals surface area contributed by atoms with Crippen LogP contribution in [0.4, 0.5) is 14.9 Å². The molecule has 4 aromatic carbocycles. The van der Waals surface area contributed by atoms with Gasteiger partial charge in [0.05, 0.1) is 18.8 Å².